The second kappa shape index (κ2) is 3.28. The number of rotatable bonds is 1. The molecule has 0 aliphatic carbocycles. The van der Waals surface area contributed by atoms with Crippen molar-refractivity contribution in [2.75, 3.05) is 0 Å². The molecule has 0 saturated heterocycles. The van der Waals surface area contributed by atoms with Crippen LogP contribution in [-0.4, -0.2) is 15.2 Å². The average Bonchev–Trinajstić information content (AvgIpc) is 1.96. The fraction of sp³-hybridized carbons (Fsp3) is 0. The Morgan fingerprint density at radius 2 is 2.08 bits per heavy atom. The van der Waals surface area contributed by atoms with Crippen molar-refractivity contribution in [1.29, 1.82) is 0 Å². The number of nitrogens with zero attached hydrogens (tertiary/aromatic N) is 1. The summed E-state index contributed by atoms with van der Waals surface area (Å²) in [7, 11) is 0. The first kappa shape index (κ1) is 9.28. The highest BCUT2D eigenvalue weighted by atomic mass is 79.9. The lowest BCUT2D eigenvalue weighted by Crippen LogP contribution is -1.92. The van der Waals surface area contributed by atoms with Gasteiger partial charge in [0.15, 0.2) is 0 Å². The van der Waals surface area contributed by atoms with Gasteiger partial charge in [-0.3, -0.25) is 0 Å². The normalized spacial score (nSPS) is 9.83. The van der Waals surface area contributed by atoms with E-state index in [0.29, 0.717) is 4.47 Å². The average molecular weight is 253 g/mol. The van der Waals surface area contributed by atoms with Gasteiger partial charge < -0.3 is 5.11 Å². The van der Waals surface area contributed by atoms with Gasteiger partial charge in [-0.1, -0.05) is 27.5 Å². The summed E-state index contributed by atoms with van der Waals surface area (Å²) in [6, 6.07) is 2.65. The first-order valence-electron chi connectivity index (χ1n) is 2.86. The Bertz CT molecular complexity index is 342. The molecule has 0 heterocycles. The van der Waals surface area contributed by atoms with E-state index in [4.69, 9.17) is 21.9 Å². The first-order chi connectivity index (χ1) is 5.52. The van der Waals surface area contributed by atoms with Gasteiger partial charge in [0.1, 0.15) is 0 Å². The molecule has 0 bridgehead atoms. The van der Waals surface area contributed by atoms with Crippen LogP contribution in [0.15, 0.2) is 16.6 Å². The van der Waals surface area contributed by atoms with Gasteiger partial charge in [0.2, 0.25) is 5.75 Å². The zero-order chi connectivity index (χ0) is 9.30. The van der Waals surface area contributed by atoms with Crippen LogP contribution in [0.25, 0.3) is 0 Å². The summed E-state index contributed by atoms with van der Waals surface area (Å²) in [5.74, 6) is -0.447. The lowest BCUT2D eigenvalue weighted by atomic mass is 10.3. The Balaban J connectivity index is 3.37. The third-order valence-corrected chi connectivity index (χ3v) is 1.96. The molecule has 0 aliphatic heterocycles. The number of phenols is 1. The molecule has 64 valence electrons. The molecule has 0 radical (unpaired) electrons. The van der Waals surface area contributed by atoms with Crippen LogP contribution in [0, 0.1) is 4.91 Å². The second-order valence-electron chi connectivity index (χ2n) is 2.03. The quantitative estimate of drug-likeness (QED) is 0.756. The molecule has 0 spiro atoms. The Labute approximate surface area is 81.0 Å². The van der Waals surface area contributed by atoms with E-state index >= 15 is 0 Å². The highest BCUT2D eigenvalue weighted by molar-refractivity contribution is 9.10. The Morgan fingerprint density at radius 1 is 1.50 bits per heavy atom. The summed E-state index contributed by atoms with van der Waals surface area (Å²) >= 11 is 8.55. The lowest BCUT2D eigenvalue weighted by molar-refractivity contribution is -0.730. The monoisotopic (exact) mass is 252 g/mol. The van der Waals surface area contributed by atoms with Gasteiger partial charge in [-0.2, -0.15) is 0 Å². The molecule has 6 heteroatoms. The van der Waals surface area contributed by atoms with Crippen molar-refractivity contribution < 1.29 is 15.2 Å². The van der Waals surface area contributed by atoms with Crippen molar-refractivity contribution in [2.45, 2.75) is 0 Å². The molecule has 0 saturated carbocycles. The molecule has 0 fully saturated rings. The van der Waals surface area contributed by atoms with E-state index in [1.807, 2.05) is 0 Å². The highest BCUT2D eigenvalue weighted by Gasteiger charge is 2.21. The van der Waals surface area contributed by atoms with Crippen molar-refractivity contribution in [3.63, 3.8) is 0 Å². The van der Waals surface area contributed by atoms with Crippen LogP contribution >= 0.6 is 27.5 Å². The largest absolute Gasteiger partial charge is 0.501 e. The minimum Gasteiger partial charge on any atom is -0.501 e. The summed E-state index contributed by atoms with van der Waals surface area (Å²) in [5, 5.41) is 17.6. The van der Waals surface area contributed by atoms with Crippen LogP contribution in [-0.2, 0) is 0 Å². The molecule has 1 rings (SSSR count). The maximum absolute atomic E-state index is 10.4. The molecule has 1 aromatic carbocycles. The minimum atomic E-state index is -0.452. The maximum Gasteiger partial charge on any atom is 0.360 e. The highest BCUT2D eigenvalue weighted by Crippen LogP contribution is 2.35. The van der Waals surface area contributed by atoms with Crippen molar-refractivity contribution in [3.05, 3.63) is 26.5 Å². The predicted molar refractivity (Wildman–Crippen MR) is 45.9 cm³/mol. The molecule has 2 N–H and O–H groups in total. The number of aromatic hydroxyl groups is 1. The summed E-state index contributed by atoms with van der Waals surface area (Å²) in [6.45, 7) is 0. The smallest absolute Gasteiger partial charge is 0.360 e. The third-order valence-electron chi connectivity index (χ3n) is 1.21. The molecule has 1 aromatic rings. The predicted octanol–water partition coefficient (Wildman–Crippen LogP) is 2.61. The molecule has 0 aliphatic rings. The summed E-state index contributed by atoms with van der Waals surface area (Å²) in [6.07, 6.45) is 0. The van der Waals surface area contributed by atoms with Crippen molar-refractivity contribution in [1.82, 2.24) is 0 Å². The fourth-order valence-corrected chi connectivity index (χ4v) is 1.49. The number of hydrogen-bond donors (Lipinski definition) is 2. The van der Waals surface area contributed by atoms with Gasteiger partial charge in [-0.15, -0.1) is 0 Å². The number of hydrogen-bond acceptors (Lipinski definition) is 2. The van der Waals surface area contributed by atoms with Crippen LogP contribution in [0.5, 0.6) is 5.75 Å². The van der Waals surface area contributed by atoms with E-state index in [1.165, 1.54) is 12.1 Å². The second-order valence-corrected chi connectivity index (χ2v) is 3.35. The lowest BCUT2D eigenvalue weighted by Gasteiger charge is -1.95. The molecule has 0 amide bonds. The first-order valence-corrected chi connectivity index (χ1v) is 4.03. The Hall–Kier alpha value is -0.810. The van der Waals surface area contributed by atoms with Crippen LogP contribution < -0.4 is 0 Å². The maximum atomic E-state index is 10.4. The van der Waals surface area contributed by atoms with Crippen molar-refractivity contribution >= 4 is 33.2 Å². The van der Waals surface area contributed by atoms with Crippen molar-refractivity contribution in [2.24, 2.45) is 0 Å². The molecular formula is C6H4BrClNO3+. The molecule has 0 atom stereocenters. The topological polar surface area (TPSA) is 60.5 Å². The van der Waals surface area contributed by atoms with Crippen LogP contribution in [0.2, 0.25) is 5.02 Å². The summed E-state index contributed by atoms with van der Waals surface area (Å²) in [5.41, 5.74) is -0.297. The van der Waals surface area contributed by atoms with Crippen LogP contribution in [0.4, 0.5) is 5.69 Å². The summed E-state index contributed by atoms with van der Waals surface area (Å²) < 4.78 is 0.496. The van der Waals surface area contributed by atoms with E-state index in [0.717, 1.165) is 0 Å². The zero-order valence-electron chi connectivity index (χ0n) is 5.66. The van der Waals surface area contributed by atoms with E-state index in [9.17, 15) is 4.91 Å². The van der Waals surface area contributed by atoms with E-state index in [2.05, 4.69) is 15.9 Å². The molecule has 0 aromatic heterocycles. The standard InChI is InChI=1S/C6H3BrClNO3/c7-3-1-4(8)6(10)5(2-3)9(11)12/h1-2H,(H-,10,11,12)/p+1. The van der Waals surface area contributed by atoms with Gasteiger partial charge in [-0.25, -0.2) is 5.21 Å². The third kappa shape index (κ3) is 1.67. The molecular weight excluding hydrogens is 249 g/mol. The zero-order valence-corrected chi connectivity index (χ0v) is 8.00. The van der Waals surface area contributed by atoms with Crippen LogP contribution in [0.3, 0.4) is 0 Å². The van der Waals surface area contributed by atoms with E-state index in [1.54, 1.807) is 0 Å². The number of halogens is 2. The van der Waals surface area contributed by atoms with Gasteiger partial charge >= 0.3 is 5.69 Å². The molecule has 12 heavy (non-hydrogen) atoms. The number of phenolic OH excluding ortho intramolecular Hbond substituents is 1. The Morgan fingerprint density at radius 3 is 2.58 bits per heavy atom. The van der Waals surface area contributed by atoms with Gasteiger partial charge in [0.25, 0.3) is 4.92 Å². The minimum absolute atomic E-state index is 0.00530. The van der Waals surface area contributed by atoms with E-state index in [-0.39, 0.29) is 10.7 Å². The SMILES string of the molecule is O=[N+](O)c1cc(Br)cc(Cl)c1O. The molecule has 0 unspecified atom stereocenters. The summed E-state index contributed by atoms with van der Waals surface area (Å²) in [4.78, 5) is 9.95. The van der Waals surface area contributed by atoms with Gasteiger partial charge in [0, 0.05) is 10.5 Å². The van der Waals surface area contributed by atoms with Gasteiger partial charge in [0.05, 0.1) is 9.93 Å². The van der Waals surface area contributed by atoms with E-state index < -0.39 is 10.7 Å². The van der Waals surface area contributed by atoms with Crippen molar-refractivity contribution in [3.8, 4) is 5.75 Å². The molecule has 4 nitrogen and oxygen atoms in total. The fourth-order valence-electron chi connectivity index (χ4n) is 0.698. The Kier molecular flexibility index (Phi) is 2.54. The number of benzene rings is 1. The van der Waals surface area contributed by atoms with Gasteiger partial charge in [-0.05, 0) is 6.07 Å². The van der Waals surface area contributed by atoms with Crippen LogP contribution in [0.1, 0.15) is 0 Å².